The van der Waals surface area contributed by atoms with E-state index in [0.29, 0.717) is 30.3 Å². The summed E-state index contributed by atoms with van der Waals surface area (Å²) in [5.74, 6) is 2.07. The van der Waals surface area contributed by atoms with E-state index in [1.807, 2.05) is 0 Å². The molecule has 2 nitrogen and oxygen atoms in total. The highest BCUT2D eigenvalue weighted by Gasteiger charge is 2.63. The first-order chi connectivity index (χ1) is 12.3. The fourth-order valence-corrected chi connectivity index (χ4v) is 6.26. The maximum Gasteiger partial charge on any atom is 0.312 e. The van der Waals surface area contributed by atoms with Crippen LogP contribution in [0.15, 0.2) is 23.8 Å². The van der Waals surface area contributed by atoms with Gasteiger partial charge in [-0.05, 0) is 74.5 Å². The SMILES string of the molecule is CCCCOC(=O)[C@]12CC[C@@]3(C)CC=C(C)C=C[C@H]3[C@@H]1CC[C@@H]2C(C)C. The third-order valence-corrected chi connectivity index (χ3v) is 7.83. The van der Waals surface area contributed by atoms with Crippen LogP contribution in [0.4, 0.5) is 0 Å². The first-order valence-corrected chi connectivity index (χ1v) is 10.9. The van der Waals surface area contributed by atoms with Gasteiger partial charge in [0.2, 0.25) is 0 Å². The smallest absolute Gasteiger partial charge is 0.312 e. The molecule has 2 saturated carbocycles. The molecule has 2 heteroatoms. The lowest BCUT2D eigenvalue weighted by Crippen LogP contribution is -2.52. The minimum Gasteiger partial charge on any atom is -0.465 e. The third-order valence-electron chi connectivity index (χ3n) is 7.83. The van der Waals surface area contributed by atoms with Crippen LogP contribution in [0.1, 0.15) is 79.6 Å². The monoisotopic (exact) mass is 358 g/mol. The van der Waals surface area contributed by atoms with Crippen LogP contribution in [0.5, 0.6) is 0 Å². The van der Waals surface area contributed by atoms with Crippen LogP contribution >= 0.6 is 0 Å². The van der Waals surface area contributed by atoms with E-state index < -0.39 is 0 Å². The van der Waals surface area contributed by atoms with Crippen molar-refractivity contribution in [3.05, 3.63) is 23.8 Å². The molecule has 0 aliphatic heterocycles. The van der Waals surface area contributed by atoms with Crippen LogP contribution in [-0.4, -0.2) is 12.6 Å². The van der Waals surface area contributed by atoms with Gasteiger partial charge in [-0.25, -0.2) is 0 Å². The lowest BCUT2D eigenvalue weighted by Gasteiger charge is -2.53. The van der Waals surface area contributed by atoms with E-state index in [0.717, 1.165) is 32.1 Å². The summed E-state index contributed by atoms with van der Waals surface area (Å²) in [6.45, 7) is 12.0. The van der Waals surface area contributed by atoms with Gasteiger partial charge in [-0.15, -0.1) is 0 Å². The van der Waals surface area contributed by atoms with Gasteiger partial charge in [0.15, 0.2) is 0 Å². The molecule has 3 aliphatic carbocycles. The van der Waals surface area contributed by atoms with E-state index in [9.17, 15) is 4.79 Å². The predicted octanol–water partition coefficient (Wildman–Crippen LogP) is 6.32. The van der Waals surface area contributed by atoms with Crippen LogP contribution in [0.2, 0.25) is 0 Å². The van der Waals surface area contributed by atoms with Crippen molar-refractivity contribution in [3.63, 3.8) is 0 Å². The average molecular weight is 359 g/mol. The summed E-state index contributed by atoms with van der Waals surface area (Å²) in [6.07, 6.45) is 14.8. The molecule has 5 atom stereocenters. The van der Waals surface area contributed by atoms with Crippen LogP contribution in [0.3, 0.4) is 0 Å². The molecule has 0 spiro atoms. The van der Waals surface area contributed by atoms with Crippen molar-refractivity contribution in [2.24, 2.45) is 34.5 Å². The Morgan fingerprint density at radius 1 is 1.31 bits per heavy atom. The molecule has 26 heavy (non-hydrogen) atoms. The van der Waals surface area contributed by atoms with Crippen molar-refractivity contribution in [1.29, 1.82) is 0 Å². The molecule has 0 aromatic carbocycles. The van der Waals surface area contributed by atoms with Crippen LogP contribution in [0.25, 0.3) is 0 Å². The molecule has 0 heterocycles. The molecule has 3 aliphatic rings. The van der Waals surface area contributed by atoms with Crippen molar-refractivity contribution in [1.82, 2.24) is 0 Å². The number of carbonyl (C=O) groups excluding carboxylic acids is 1. The van der Waals surface area contributed by atoms with Gasteiger partial charge in [-0.1, -0.05) is 57.9 Å². The standard InChI is InChI=1S/C24H38O2/c1-6-7-16-26-22(25)24-15-14-23(5)13-12-18(4)8-9-20(23)21(24)11-10-19(24)17(2)3/h8-9,12,17,19-21H,6-7,10-11,13-16H2,1-5H3/t19-,20+,21+,23-,24+/m1/s1. The Hall–Kier alpha value is -1.05. The second-order valence-electron chi connectivity index (χ2n) is 9.76. The van der Waals surface area contributed by atoms with Gasteiger partial charge < -0.3 is 4.74 Å². The number of fused-ring (bicyclic) bond motifs is 3. The normalized spacial score (nSPS) is 39.2. The van der Waals surface area contributed by atoms with Crippen molar-refractivity contribution < 1.29 is 9.53 Å². The highest BCUT2D eigenvalue weighted by molar-refractivity contribution is 5.78. The molecule has 0 radical (unpaired) electrons. The first-order valence-electron chi connectivity index (χ1n) is 10.9. The fourth-order valence-electron chi connectivity index (χ4n) is 6.26. The molecule has 3 rings (SSSR count). The lowest BCUT2D eigenvalue weighted by molar-refractivity contribution is -0.171. The highest BCUT2D eigenvalue weighted by atomic mass is 16.5. The van der Waals surface area contributed by atoms with Crippen LogP contribution in [0, 0.1) is 34.5 Å². The molecule has 0 bridgehead atoms. The fraction of sp³-hybridized carbons (Fsp3) is 0.792. The molecule has 0 amide bonds. The number of hydrogen-bond acceptors (Lipinski definition) is 2. The topological polar surface area (TPSA) is 26.3 Å². The van der Waals surface area contributed by atoms with Crippen molar-refractivity contribution in [2.75, 3.05) is 6.61 Å². The number of hydrogen-bond donors (Lipinski definition) is 0. The number of allylic oxidation sites excluding steroid dienone is 4. The molecular weight excluding hydrogens is 320 g/mol. The number of unbranched alkanes of at least 4 members (excludes halogenated alkanes) is 1. The summed E-state index contributed by atoms with van der Waals surface area (Å²) in [7, 11) is 0. The summed E-state index contributed by atoms with van der Waals surface area (Å²) < 4.78 is 5.90. The first kappa shape index (κ1) is 19.7. The van der Waals surface area contributed by atoms with Crippen LogP contribution < -0.4 is 0 Å². The van der Waals surface area contributed by atoms with Gasteiger partial charge >= 0.3 is 5.97 Å². The Labute approximate surface area is 160 Å². The molecule has 2 fully saturated rings. The Bertz CT molecular complexity index is 587. The van der Waals surface area contributed by atoms with Crippen molar-refractivity contribution in [3.8, 4) is 0 Å². The van der Waals surface area contributed by atoms with Gasteiger partial charge in [-0.3, -0.25) is 4.79 Å². The van der Waals surface area contributed by atoms with Gasteiger partial charge in [0, 0.05) is 0 Å². The molecule has 0 N–H and O–H groups in total. The van der Waals surface area contributed by atoms with Crippen LogP contribution in [-0.2, 0) is 9.53 Å². The third kappa shape index (κ3) is 3.18. The quantitative estimate of drug-likeness (QED) is 0.424. The van der Waals surface area contributed by atoms with E-state index in [2.05, 4.69) is 52.8 Å². The van der Waals surface area contributed by atoms with Gasteiger partial charge in [0.1, 0.15) is 0 Å². The largest absolute Gasteiger partial charge is 0.465 e. The molecule has 0 aromatic heterocycles. The number of carbonyl (C=O) groups is 1. The summed E-state index contributed by atoms with van der Waals surface area (Å²) in [6, 6.07) is 0. The molecular formula is C24H38O2. The number of rotatable bonds is 5. The second-order valence-corrected chi connectivity index (χ2v) is 9.76. The van der Waals surface area contributed by atoms with E-state index in [1.54, 1.807) is 0 Å². The number of esters is 1. The predicted molar refractivity (Wildman–Crippen MR) is 108 cm³/mol. The molecule has 146 valence electrons. The summed E-state index contributed by atoms with van der Waals surface area (Å²) in [5, 5.41) is 0. The average Bonchev–Trinajstić information content (AvgIpc) is 2.93. The second kappa shape index (κ2) is 7.52. The Morgan fingerprint density at radius 2 is 2.08 bits per heavy atom. The maximum atomic E-state index is 13.5. The maximum absolute atomic E-state index is 13.5. The van der Waals surface area contributed by atoms with Crippen molar-refractivity contribution in [2.45, 2.75) is 79.6 Å². The van der Waals surface area contributed by atoms with Crippen molar-refractivity contribution >= 4 is 5.97 Å². The zero-order chi connectivity index (χ0) is 18.9. The molecule has 0 aromatic rings. The minimum absolute atomic E-state index is 0.122. The van der Waals surface area contributed by atoms with Gasteiger partial charge in [0.05, 0.1) is 12.0 Å². The number of ether oxygens (including phenoxy) is 1. The van der Waals surface area contributed by atoms with E-state index in [4.69, 9.17) is 4.74 Å². The lowest BCUT2D eigenvalue weighted by atomic mass is 9.50. The Kier molecular flexibility index (Phi) is 5.70. The Morgan fingerprint density at radius 3 is 2.77 bits per heavy atom. The zero-order valence-corrected chi connectivity index (χ0v) is 17.5. The summed E-state index contributed by atoms with van der Waals surface area (Å²) >= 11 is 0. The minimum atomic E-state index is -0.255. The van der Waals surface area contributed by atoms with E-state index in [1.165, 1.54) is 18.4 Å². The molecule has 0 unspecified atom stereocenters. The van der Waals surface area contributed by atoms with E-state index >= 15 is 0 Å². The van der Waals surface area contributed by atoms with Gasteiger partial charge in [0.25, 0.3) is 0 Å². The Balaban J connectivity index is 1.95. The van der Waals surface area contributed by atoms with Gasteiger partial charge in [-0.2, -0.15) is 0 Å². The zero-order valence-electron chi connectivity index (χ0n) is 17.5. The summed E-state index contributed by atoms with van der Waals surface area (Å²) in [4.78, 5) is 13.5. The molecule has 0 saturated heterocycles. The highest BCUT2D eigenvalue weighted by Crippen LogP contribution is 2.65. The van der Waals surface area contributed by atoms with E-state index in [-0.39, 0.29) is 16.8 Å². The summed E-state index contributed by atoms with van der Waals surface area (Å²) in [5.41, 5.74) is 1.40.